The van der Waals surface area contributed by atoms with Crippen LogP contribution >= 0.6 is 0 Å². The van der Waals surface area contributed by atoms with E-state index in [0.29, 0.717) is 24.4 Å². The van der Waals surface area contributed by atoms with Crippen molar-refractivity contribution in [3.05, 3.63) is 42.1 Å². The van der Waals surface area contributed by atoms with Gasteiger partial charge in [0.25, 0.3) is 0 Å². The highest BCUT2D eigenvalue weighted by atomic mass is 19.1. The standard InChI is InChI=1S/C24H28FN9O4/c1-24(2,3)38-23(35)32-18-13-37-8-5-17(18)31-21-16(25)9-14(11-26)20(33-21)30-15-10-19(22(36-4)27-12-15)34-28-6-7-29-34/h6-7,9-10,12,17-18H,5,8,13H2,1-4H3,(H,32,35)(H2,30,31,33)/t17-,18+/m1/s1. The van der Waals surface area contributed by atoms with E-state index in [1.165, 1.54) is 30.5 Å². The number of nitrogens with zero attached hydrogens (tertiary/aromatic N) is 6. The Morgan fingerprint density at radius 3 is 2.68 bits per heavy atom. The third-order valence-corrected chi connectivity index (χ3v) is 5.40. The number of hydrogen-bond donors (Lipinski definition) is 3. The lowest BCUT2D eigenvalue weighted by Crippen LogP contribution is -2.53. The van der Waals surface area contributed by atoms with Gasteiger partial charge in [0.15, 0.2) is 17.5 Å². The van der Waals surface area contributed by atoms with E-state index < -0.39 is 29.6 Å². The predicted octanol–water partition coefficient (Wildman–Crippen LogP) is 2.91. The first-order valence-corrected chi connectivity index (χ1v) is 11.8. The Morgan fingerprint density at radius 2 is 2.00 bits per heavy atom. The van der Waals surface area contributed by atoms with Crippen molar-refractivity contribution in [1.82, 2.24) is 30.3 Å². The third kappa shape index (κ3) is 6.43. The number of aromatic nitrogens is 5. The summed E-state index contributed by atoms with van der Waals surface area (Å²) in [6, 6.07) is 3.79. The summed E-state index contributed by atoms with van der Waals surface area (Å²) in [4.78, 5) is 22.2. The maximum absolute atomic E-state index is 15.0. The first-order chi connectivity index (χ1) is 18.2. The van der Waals surface area contributed by atoms with Gasteiger partial charge >= 0.3 is 6.09 Å². The zero-order valence-electron chi connectivity index (χ0n) is 21.4. The SMILES string of the molecule is COc1ncc(Nc2nc(N[C@@H]3CCOC[C@@H]3NC(=O)OC(C)(C)C)c(F)cc2C#N)cc1-n1nccn1. The molecule has 0 radical (unpaired) electrons. The average molecular weight is 526 g/mol. The van der Waals surface area contributed by atoms with Crippen LogP contribution in [0, 0.1) is 17.1 Å². The number of pyridine rings is 2. The van der Waals surface area contributed by atoms with Crippen LogP contribution in [0.15, 0.2) is 30.7 Å². The maximum atomic E-state index is 15.0. The molecule has 14 heteroatoms. The zero-order valence-corrected chi connectivity index (χ0v) is 21.4. The van der Waals surface area contributed by atoms with Gasteiger partial charge in [-0.1, -0.05) is 0 Å². The second-order valence-electron chi connectivity index (χ2n) is 9.39. The van der Waals surface area contributed by atoms with E-state index >= 15 is 0 Å². The number of carbonyl (C=O) groups is 1. The normalized spacial score (nSPS) is 17.3. The molecule has 1 fully saturated rings. The molecule has 1 aliphatic heterocycles. The van der Waals surface area contributed by atoms with Crippen LogP contribution in [0.5, 0.6) is 5.88 Å². The fourth-order valence-corrected chi connectivity index (χ4v) is 3.74. The summed E-state index contributed by atoms with van der Waals surface area (Å²) in [6.45, 7) is 5.90. The average Bonchev–Trinajstić information content (AvgIpc) is 3.41. The molecule has 4 heterocycles. The van der Waals surface area contributed by atoms with Crippen molar-refractivity contribution >= 4 is 23.4 Å². The minimum atomic E-state index is -0.719. The fraction of sp³-hybridized carbons (Fsp3) is 0.417. The van der Waals surface area contributed by atoms with Gasteiger partial charge < -0.3 is 30.2 Å². The molecule has 3 N–H and O–H groups in total. The van der Waals surface area contributed by atoms with Gasteiger partial charge in [-0.15, -0.1) is 4.80 Å². The van der Waals surface area contributed by atoms with E-state index in [-0.39, 0.29) is 29.7 Å². The maximum Gasteiger partial charge on any atom is 0.408 e. The molecule has 13 nitrogen and oxygen atoms in total. The van der Waals surface area contributed by atoms with Gasteiger partial charge in [-0.3, -0.25) is 0 Å². The second-order valence-corrected chi connectivity index (χ2v) is 9.39. The number of nitrogens with one attached hydrogen (secondary N) is 3. The summed E-state index contributed by atoms with van der Waals surface area (Å²) in [6.07, 6.45) is 4.37. The molecule has 1 saturated heterocycles. The highest BCUT2D eigenvalue weighted by Crippen LogP contribution is 2.28. The van der Waals surface area contributed by atoms with Crippen LogP contribution in [0.3, 0.4) is 0 Å². The van der Waals surface area contributed by atoms with Gasteiger partial charge in [0.1, 0.15) is 17.4 Å². The molecule has 0 aromatic carbocycles. The fourth-order valence-electron chi connectivity index (χ4n) is 3.74. The van der Waals surface area contributed by atoms with Crippen molar-refractivity contribution in [2.45, 2.75) is 44.9 Å². The van der Waals surface area contributed by atoms with E-state index in [2.05, 4.69) is 36.1 Å². The molecular formula is C24H28FN9O4. The first kappa shape index (κ1) is 26.6. The Morgan fingerprint density at radius 1 is 1.24 bits per heavy atom. The van der Waals surface area contributed by atoms with Crippen molar-refractivity contribution in [2.24, 2.45) is 0 Å². The molecule has 0 spiro atoms. The number of alkyl carbamates (subject to hydrolysis) is 1. The topological polar surface area (TPSA) is 161 Å². The molecule has 2 atom stereocenters. The van der Waals surface area contributed by atoms with Crippen LogP contribution in [-0.4, -0.2) is 69.1 Å². The minimum absolute atomic E-state index is 0.0157. The number of hydrogen-bond acceptors (Lipinski definition) is 11. The molecule has 0 aliphatic carbocycles. The number of halogens is 1. The molecule has 1 aliphatic rings. The molecule has 0 bridgehead atoms. The first-order valence-electron chi connectivity index (χ1n) is 11.8. The molecule has 1 amide bonds. The Bertz CT molecular complexity index is 1320. The van der Waals surface area contributed by atoms with Crippen molar-refractivity contribution < 1.29 is 23.4 Å². The van der Waals surface area contributed by atoms with E-state index in [9.17, 15) is 14.4 Å². The van der Waals surface area contributed by atoms with Crippen molar-refractivity contribution in [3.8, 4) is 17.6 Å². The van der Waals surface area contributed by atoms with Crippen molar-refractivity contribution in [3.63, 3.8) is 0 Å². The van der Waals surface area contributed by atoms with E-state index in [1.807, 2.05) is 6.07 Å². The van der Waals surface area contributed by atoms with Crippen LogP contribution in [0.4, 0.5) is 26.5 Å². The van der Waals surface area contributed by atoms with Crippen LogP contribution in [-0.2, 0) is 9.47 Å². The van der Waals surface area contributed by atoms with E-state index in [1.54, 1.807) is 26.8 Å². The van der Waals surface area contributed by atoms with Crippen LogP contribution < -0.4 is 20.7 Å². The van der Waals surface area contributed by atoms with E-state index in [4.69, 9.17) is 14.2 Å². The highest BCUT2D eigenvalue weighted by molar-refractivity contribution is 5.69. The lowest BCUT2D eigenvalue weighted by Gasteiger charge is -2.33. The number of anilines is 3. The molecule has 38 heavy (non-hydrogen) atoms. The van der Waals surface area contributed by atoms with Crippen LogP contribution in [0.2, 0.25) is 0 Å². The lowest BCUT2D eigenvalue weighted by molar-refractivity contribution is 0.0317. The number of rotatable bonds is 7. The largest absolute Gasteiger partial charge is 0.479 e. The monoisotopic (exact) mass is 525 g/mol. The molecule has 3 aromatic heterocycles. The van der Waals surface area contributed by atoms with Gasteiger partial charge in [-0.25, -0.2) is 19.2 Å². The van der Waals surface area contributed by atoms with Crippen molar-refractivity contribution in [2.75, 3.05) is 31.0 Å². The summed E-state index contributed by atoms with van der Waals surface area (Å²) in [5.74, 6) is -0.426. The van der Waals surface area contributed by atoms with E-state index in [0.717, 1.165) is 6.07 Å². The Labute approximate surface area is 218 Å². The van der Waals surface area contributed by atoms with Gasteiger partial charge in [0, 0.05) is 6.61 Å². The third-order valence-electron chi connectivity index (χ3n) is 5.40. The summed E-state index contributed by atoms with van der Waals surface area (Å²) >= 11 is 0. The van der Waals surface area contributed by atoms with Gasteiger partial charge in [0.2, 0.25) is 5.88 Å². The molecule has 0 saturated carbocycles. The zero-order chi connectivity index (χ0) is 27.3. The number of amides is 1. The number of methoxy groups -OCH3 is 1. The molecule has 3 aromatic rings. The number of nitriles is 1. The summed E-state index contributed by atoms with van der Waals surface area (Å²) < 4.78 is 31.1. The molecule has 200 valence electrons. The van der Waals surface area contributed by atoms with Crippen LogP contribution in [0.1, 0.15) is 32.8 Å². The number of carbonyl (C=O) groups excluding carboxylic acids is 1. The second kappa shape index (κ2) is 11.3. The van der Waals surface area contributed by atoms with Gasteiger partial charge in [-0.2, -0.15) is 15.5 Å². The quantitative estimate of drug-likeness (QED) is 0.416. The van der Waals surface area contributed by atoms with Crippen molar-refractivity contribution in [1.29, 1.82) is 5.26 Å². The Hall–Kier alpha value is -4.51. The highest BCUT2D eigenvalue weighted by Gasteiger charge is 2.30. The summed E-state index contributed by atoms with van der Waals surface area (Å²) in [7, 11) is 1.47. The Balaban J connectivity index is 1.57. The molecular weight excluding hydrogens is 497 g/mol. The Kier molecular flexibility index (Phi) is 7.87. The molecule has 0 unspecified atom stereocenters. The minimum Gasteiger partial charge on any atom is -0.479 e. The molecule has 4 rings (SSSR count). The summed E-state index contributed by atoms with van der Waals surface area (Å²) in [5.41, 5.74) is 0.195. The van der Waals surface area contributed by atoms with Gasteiger partial charge in [-0.05, 0) is 39.3 Å². The van der Waals surface area contributed by atoms with Crippen LogP contribution in [0.25, 0.3) is 5.69 Å². The van der Waals surface area contributed by atoms with Gasteiger partial charge in [0.05, 0.1) is 55.6 Å². The predicted molar refractivity (Wildman–Crippen MR) is 134 cm³/mol. The lowest BCUT2D eigenvalue weighted by atomic mass is 10.0. The number of ether oxygens (including phenoxy) is 3. The summed E-state index contributed by atoms with van der Waals surface area (Å²) in [5, 5.41) is 26.6. The smallest absolute Gasteiger partial charge is 0.408 e.